The number of carbonyl (C=O) groups excluding carboxylic acids is 2. The Morgan fingerprint density at radius 2 is 1.38 bits per heavy atom. The van der Waals surface area contributed by atoms with E-state index in [9.17, 15) is 34.9 Å². The minimum Gasteiger partial charge on any atom is -0.445 e. The van der Waals surface area contributed by atoms with Crippen LogP contribution >= 0.6 is 0 Å². The Morgan fingerprint density at radius 1 is 0.865 bits per heavy atom. The number of nitrogens with zero attached hydrogens (tertiary/aromatic N) is 4. The first-order valence-electron chi connectivity index (χ1n) is 11.7. The van der Waals surface area contributed by atoms with Gasteiger partial charge in [-0.05, 0) is 54.2 Å². The van der Waals surface area contributed by atoms with Gasteiger partial charge in [-0.15, -0.1) is 0 Å². The van der Waals surface area contributed by atoms with Crippen LogP contribution in [0.1, 0.15) is 24.0 Å². The van der Waals surface area contributed by atoms with Gasteiger partial charge in [-0.25, -0.2) is 9.59 Å². The Kier molecular flexibility index (Phi) is 7.82. The molecule has 1 N–H and O–H groups in total. The highest BCUT2D eigenvalue weighted by atomic mass is 16.6. The molecule has 2 heterocycles. The quantitative estimate of drug-likeness (QED) is 0.431. The van der Waals surface area contributed by atoms with Gasteiger partial charge in [-0.3, -0.25) is 20.2 Å². The molecule has 4 rings (SSSR count). The SMILES string of the molecule is O=C(OCc1ccc([N+](=O)[O-])cc1)N1CC[C@H]([C@@H]2C[C@@H](O)CN2C(=O)OCc2ccc([N+](=O)[O-])cc2)C1. The first-order valence-corrected chi connectivity index (χ1v) is 11.7. The van der Waals surface area contributed by atoms with E-state index in [0.29, 0.717) is 37.1 Å². The fourth-order valence-corrected chi connectivity index (χ4v) is 4.66. The van der Waals surface area contributed by atoms with Gasteiger partial charge >= 0.3 is 12.2 Å². The standard InChI is InChI=1S/C24H26N4O9/c29-21-11-22(26(13-21)24(31)37-15-17-3-7-20(8-4-17)28(34)35)18-9-10-25(12-18)23(30)36-14-16-1-5-19(6-2-16)27(32)33/h1-8,18,21-22,29H,9-15H2/t18-,21+,22-/m0/s1. The van der Waals surface area contributed by atoms with E-state index in [0.717, 1.165) is 0 Å². The van der Waals surface area contributed by atoms with Crippen LogP contribution in [0.3, 0.4) is 0 Å². The van der Waals surface area contributed by atoms with E-state index in [1.807, 2.05) is 0 Å². The molecule has 13 nitrogen and oxygen atoms in total. The highest BCUT2D eigenvalue weighted by molar-refractivity contribution is 5.69. The lowest BCUT2D eigenvalue weighted by molar-refractivity contribution is -0.385. The monoisotopic (exact) mass is 514 g/mol. The van der Waals surface area contributed by atoms with E-state index in [1.54, 1.807) is 4.90 Å². The number of amides is 2. The third kappa shape index (κ3) is 6.30. The van der Waals surface area contributed by atoms with Crippen LogP contribution in [-0.2, 0) is 22.7 Å². The summed E-state index contributed by atoms with van der Waals surface area (Å²) in [6, 6.07) is 11.1. The Bertz CT molecular complexity index is 1160. The van der Waals surface area contributed by atoms with Crippen LogP contribution in [-0.4, -0.2) is 68.7 Å². The van der Waals surface area contributed by atoms with Crippen LogP contribution in [0.25, 0.3) is 0 Å². The molecule has 0 radical (unpaired) electrons. The summed E-state index contributed by atoms with van der Waals surface area (Å²) < 4.78 is 10.7. The van der Waals surface area contributed by atoms with Crippen LogP contribution in [0.4, 0.5) is 21.0 Å². The average molecular weight is 514 g/mol. The van der Waals surface area contributed by atoms with Crippen molar-refractivity contribution in [3.05, 3.63) is 79.9 Å². The van der Waals surface area contributed by atoms with Crippen LogP contribution in [0.2, 0.25) is 0 Å². The smallest absolute Gasteiger partial charge is 0.410 e. The lowest BCUT2D eigenvalue weighted by Gasteiger charge is -2.28. The van der Waals surface area contributed by atoms with Crippen molar-refractivity contribution in [1.29, 1.82) is 0 Å². The molecule has 0 bridgehead atoms. The van der Waals surface area contributed by atoms with Crippen molar-refractivity contribution >= 4 is 23.6 Å². The summed E-state index contributed by atoms with van der Waals surface area (Å²) >= 11 is 0. The summed E-state index contributed by atoms with van der Waals surface area (Å²) in [7, 11) is 0. The molecule has 196 valence electrons. The van der Waals surface area contributed by atoms with Crippen molar-refractivity contribution in [2.75, 3.05) is 19.6 Å². The Balaban J connectivity index is 1.28. The maximum absolute atomic E-state index is 12.8. The third-order valence-electron chi connectivity index (χ3n) is 6.60. The summed E-state index contributed by atoms with van der Waals surface area (Å²) in [6.45, 7) is 0.804. The second-order valence-electron chi connectivity index (χ2n) is 9.06. The van der Waals surface area contributed by atoms with E-state index >= 15 is 0 Å². The number of likely N-dealkylation sites (tertiary alicyclic amines) is 2. The molecule has 3 atom stereocenters. The molecule has 0 aliphatic carbocycles. The number of β-amino-alcohol motifs (C(OH)–C–C–N with tert-alkyl or cyclic N) is 1. The predicted molar refractivity (Wildman–Crippen MR) is 127 cm³/mol. The number of hydrogen-bond donors (Lipinski definition) is 1. The largest absolute Gasteiger partial charge is 0.445 e. The second-order valence-corrected chi connectivity index (χ2v) is 9.06. The predicted octanol–water partition coefficient (Wildman–Crippen LogP) is 3.23. The molecule has 2 aromatic carbocycles. The number of nitro benzene ring substituents is 2. The van der Waals surface area contributed by atoms with Crippen LogP contribution in [0.5, 0.6) is 0 Å². The summed E-state index contributed by atoms with van der Waals surface area (Å²) in [4.78, 5) is 48.9. The Morgan fingerprint density at radius 3 is 1.89 bits per heavy atom. The number of hydrogen-bond acceptors (Lipinski definition) is 9. The first-order chi connectivity index (χ1) is 17.7. The van der Waals surface area contributed by atoms with E-state index in [2.05, 4.69) is 0 Å². The van der Waals surface area contributed by atoms with Gasteiger partial charge in [0.1, 0.15) is 13.2 Å². The maximum atomic E-state index is 12.8. The lowest BCUT2D eigenvalue weighted by atomic mass is 9.96. The van der Waals surface area contributed by atoms with Crippen molar-refractivity contribution in [3.63, 3.8) is 0 Å². The number of aliphatic hydroxyl groups is 1. The summed E-state index contributed by atoms with van der Waals surface area (Å²) in [5.41, 5.74) is 1.11. The minimum absolute atomic E-state index is 0.0266. The minimum atomic E-state index is -0.708. The van der Waals surface area contributed by atoms with Gasteiger partial charge in [0.15, 0.2) is 0 Å². The molecule has 13 heteroatoms. The molecule has 0 saturated carbocycles. The second kappa shape index (κ2) is 11.2. The van der Waals surface area contributed by atoms with Gasteiger partial charge < -0.3 is 24.4 Å². The number of rotatable bonds is 7. The lowest BCUT2D eigenvalue weighted by Crippen LogP contribution is -2.42. The molecule has 37 heavy (non-hydrogen) atoms. The average Bonchev–Trinajstić information content (AvgIpc) is 3.53. The van der Waals surface area contributed by atoms with Crippen molar-refractivity contribution in [3.8, 4) is 0 Å². The molecule has 2 aliphatic rings. The van der Waals surface area contributed by atoms with Crippen LogP contribution in [0.15, 0.2) is 48.5 Å². The topological polar surface area (TPSA) is 166 Å². The van der Waals surface area contributed by atoms with Crippen molar-refractivity contribution in [2.24, 2.45) is 5.92 Å². The number of ether oxygens (including phenoxy) is 2. The van der Waals surface area contributed by atoms with Crippen LogP contribution < -0.4 is 0 Å². The van der Waals surface area contributed by atoms with Gasteiger partial charge in [0.2, 0.25) is 0 Å². The molecule has 2 fully saturated rings. The normalized spacial score (nSPS) is 21.1. The zero-order valence-electron chi connectivity index (χ0n) is 19.8. The molecule has 2 saturated heterocycles. The van der Waals surface area contributed by atoms with Gasteiger partial charge in [-0.2, -0.15) is 0 Å². The highest BCUT2D eigenvalue weighted by Crippen LogP contribution is 2.32. The van der Waals surface area contributed by atoms with Gasteiger partial charge in [0.25, 0.3) is 11.4 Å². The number of carbonyl (C=O) groups is 2. The summed E-state index contributed by atoms with van der Waals surface area (Å²) in [5, 5.41) is 31.8. The van der Waals surface area contributed by atoms with Crippen molar-refractivity contribution < 1.29 is 34.0 Å². The molecule has 0 spiro atoms. The fourth-order valence-electron chi connectivity index (χ4n) is 4.66. The van der Waals surface area contributed by atoms with E-state index < -0.39 is 28.1 Å². The van der Waals surface area contributed by atoms with Crippen molar-refractivity contribution in [1.82, 2.24) is 9.80 Å². The Labute approximate surface area is 211 Å². The number of nitro groups is 2. The molecule has 0 aromatic heterocycles. The van der Waals surface area contributed by atoms with Crippen molar-refractivity contribution in [2.45, 2.75) is 38.2 Å². The zero-order valence-corrected chi connectivity index (χ0v) is 19.8. The molecular weight excluding hydrogens is 488 g/mol. The molecule has 2 amide bonds. The molecular formula is C24H26N4O9. The van der Waals surface area contributed by atoms with E-state index in [-0.39, 0.29) is 43.1 Å². The maximum Gasteiger partial charge on any atom is 0.410 e. The van der Waals surface area contributed by atoms with Gasteiger partial charge in [0.05, 0.1) is 22.5 Å². The van der Waals surface area contributed by atoms with Gasteiger partial charge in [0, 0.05) is 43.4 Å². The highest BCUT2D eigenvalue weighted by Gasteiger charge is 2.43. The Hall–Kier alpha value is -4.26. The molecule has 2 aliphatic heterocycles. The molecule has 2 aromatic rings. The molecule has 0 unspecified atom stereocenters. The summed E-state index contributed by atoms with van der Waals surface area (Å²) in [5.74, 6) is -0.0731. The summed E-state index contributed by atoms with van der Waals surface area (Å²) in [6.07, 6.45) is -0.843. The first kappa shape index (κ1) is 25.8. The number of non-ortho nitro benzene ring substituents is 2. The zero-order chi connectivity index (χ0) is 26.5. The van der Waals surface area contributed by atoms with Crippen LogP contribution in [0, 0.1) is 26.1 Å². The third-order valence-corrected chi connectivity index (χ3v) is 6.60. The number of aliphatic hydroxyl groups excluding tert-OH is 1. The van der Waals surface area contributed by atoms with E-state index in [1.165, 1.54) is 53.4 Å². The van der Waals surface area contributed by atoms with Gasteiger partial charge in [-0.1, -0.05) is 0 Å². The number of benzene rings is 2. The fraction of sp³-hybridized carbons (Fsp3) is 0.417. The van der Waals surface area contributed by atoms with E-state index in [4.69, 9.17) is 9.47 Å².